The van der Waals surface area contributed by atoms with Crippen molar-refractivity contribution in [1.82, 2.24) is 0 Å². The molecule has 0 radical (unpaired) electrons. The van der Waals surface area contributed by atoms with E-state index in [2.05, 4.69) is 0 Å². The van der Waals surface area contributed by atoms with Crippen LogP contribution in [0.15, 0.2) is 12.1 Å². The van der Waals surface area contributed by atoms with Crippen LogP contribution in [0.3, 0.4) is 0 Å². The Bertz CT molecular complexity index is 442. The molecule has 1 aromatic carbocycles. The van der Waals surface area contributed by atoms with Gasteiger partial charge in [0.1, 0.15) is 0 Å². The Labute approximate surface area is 105 Å². The Morgan fingerprint density at radius 1 is 1.35 bits per heavy atom. The van der Waals surface area contributed by atoms with Gasteiger partial charge in [-0.3, -0.25) is 0 Å². The van der Waals surface area contributed by atoms with Crippen LogP contribution in [0.4, 0.5) is 0 Å². The molecule has 0 saturated carbocycles. The van der Waals surface area contributed by atoms with Crippen molar-refractivity contribution in [2.45, 2.75) is 13.0 Å². The Kier molecular flexibility index (Phi) is 4.62. The minimum atomic E-state index is -0.952. The second-order valence-electron chi connectivity index (χ2n) is 3.57. The molecule has 92 valence electrons. The number of aliphatic hydroxyl groups is 1. The molecule has 0 heterocycles. The molecule has 17 heavy (non-hydrogen) atoms. The summed E-state index contributed by atoms with van der Waals surface area (Å²) in [4.78, 5) is 0. The topological polar surface area (TPSA) is 62.5 Å². The highest BCUT2D eigenvalue weighted by Crippen LogP contribution is 2.40. The lowest BCUT2D eigenvalue weighted by molar-refractivity contribution is 0.142. The van der Waals surface area contributed by atoms with E-state index in [9.17, 15) is 5.11 Å². The first-order valence-electron chi connectivity index (χ1n) is 5.04. The van der Waals surface area contributed by atoms with Crippen LogP contribution in [0.1, 0.15) is 18.6 Å². The molecule has 1 rings (SSSR count). The molecular formula is C12H14ClNO3. The average molecular weight is 256 g/mol. The second-order valence-corrected chi connectivity index (χ2v) is 3.94. The number of hydrogen-bond donors (Lipinski definition) is 1. The number of methoxy groups -OCH3 is 2. The van der Waals surface area contributed by atoms with E-state index in [1.165, 1.54) is 14.2 Å². The fraction of sp³-hybridized carbons (Fsp3) is 0.417. The van der Waals surface area contributed by atoms with Gasteiger partial charge in [-0.1, -0.05) is 17.7 Å². The van der Waals surface area contributed by atoms with E-state index in [1.54, 1.807) is 19.1 Å². The van der Waals surface area contributed by atoms with E-state index < -0.39 is 12.0 Å². The maximum Gasteiger partial charge on any atom is 0.179 e. The molecular weight excluding hydrogens is 242 g/mol. The van der Waals surface area contributed by atoms with Gasteiger partial charge in [-0.05, 0) is 13.0 Å². The van der Waals surface area contributed by atoms with Crippen molar-refractivity contribution in [1.29, 1.82) is 5.26 Å². The molecule has 0 aliphatic heterocycles. The predicted molar refractivity (Wildman–Crippen MR) is 64.3 cm³/mol. The number of hydrogen-bond acceptors (Lipinski definition) is 4. The van der Waals surface area contributed by atoms with Crippen LogP contribution in [-0.4, -0.2) is 19.3 Å². The summed E-state index contributed by atoms with van der Waals surface area (Å²) >= 11 is 6.11. The normalized spacial score (nSPS) is 13.6. The molecule has 0 aliphatic carbocycles. The summed E-state index contributed by atoms with van der Waals surface area (Å²) in [5.74, 6) is 0.291. The van der Waals surface area contributed by atoms with Gasteiger partial charge in [0.2, 0.25) is 0 Å². The van der Waals surface area contributed by atoms with Crippen molar-refractivity contribution in [2.75, 3.05) is 14.2 Å². The van der Waals surface area contributed by atoms with Gasteiger partial charge in [0, 0.05) is 5.56 Å². The lowest BCUT2D eigenvalue weighted by atomic mass is 9.98. The largest absolute Gasteiger partial charge is 0.493 e. The van der Waals surface area contributed by atoms with Gasteiger partial charge < -0.3 is 14.6 Å². The van der Waals surface area contributed by atoms with Gasteiger partial charge in [-0.25, -0.2) is 0 Å². The average Bonchev–Trinajstić information content (AvgIpc) is 2.36. The van der Waals surface area contributed by atoms with Gasteiger partial charge in [0.05, 0.1) is 37.3 Å². The van der Waals surface area contributed by atoms with Crippen LogP contribution >= 0.6 is 11.6 Å². The molecule has 0 aromatic heterocycles. The molecule has 0 spiro atoms. The summed E-state index contributed by atoms with van der Waals surface area (Å²) < 4.78 is 10.2. The number of nitrogens with zero attached hydrogens (tertiary/aromatic N) is 1. The molecule has 5 heteroatoms. The highest BCUT2D eigenvalue weighted by atomic mass is 35.5. The van der Waals surface area contributed by atoms with Crippen molar-refractivity contribution >= 4 is 11.6 Å². The van der Waals surface area contributed by atoms with Crippen molar-refractivity contribution in [3.05, 3.63) is 22.7 Å². The summed E-state index contributed by atoms with van der Waals surface area (Å²) in [7, 11) is 2.97. The Morgan fingerprint density at radius 2 is 2.00 bits per heavy atom. The molecule has 1 aromatic rings. The van der Waals surface area contributed by atoms with Gasteiger partial charge in [-0.2, -0.15) is 5.26 Å². The number of benzene rings is 1. The standard InChI is InChI=1S/C12H14ClNO3/c1-7(6-14)11(15)8-4-5-9(16-2)12(17-3)10(8)13/h4-5,7,11,15H,1-3H3. The maximum atomic E-state index is 9.95. The highest BCUT2D eigenvalue weighted by molar-refractivity contribution is 6.33. The van der Waals surface area contributed by atoms with E-state index in [0.29, 0.717) is 17.1 Å². The van der Waals surface area contributed by atoms with Crippen LogP contribution < -0.4 is 9.47 Å². The van der Waals surface area contributed by atoms with Crippen LogP contribution in [0.2, 0.25) is 5.02 Å². The number of halogens is 1. The third kappa shape index (κ3) is 2.63. The predicted octanol–water partition coefficient (Wildman–Crippen LogP) is 2.55. The van der Waals surface area contributed by atoms with E-state index >= 15 is 0 Å². The zero-order valence-electron chi connectivity index (χ0n) is 9.90. The van der Waals surface area contributed by atoms with Crippen molar-refractivity contribution < 1.29 is 14.6 Å². The van der Waals surface area contributed by atoms with Gasteiger partial charge in [0.15, 0.2) is 11.5 Å². The van der Waals surface area contributed by atoms with Crippen molar-refractivity contribution in [3.63, 3.8) is 0 Å². The lowest BCUT2D eigenvalue weighted by Crippen LogP contribution is -2.08. The van der Waals surface area contributed by atoms with E-state index in [1.807, 2.05) is 6.07 Å². The van der Waals surface area contributed by atoms with Gasteiger partial charge in [0.25, 0.3) is 0 Å². The zero-order valence-corrected chi connectivity index (χ0v) is 10.7. The third-order valence-corrected chi connectivity index (χ3v) is 2.90. The van der Waals surface area contributed by atoms with Crippen LogP contribution in [-0.2, 0) is 0 Å². The van der Waals surface area contributed by atoms with Crippen molar-refractivity contribution in [2.24, 2.45) is 5.92 Å². The highest BCUT2D eigenvalue weighted by Gasteiger charge is 2.22. The maximum absolute atomic E-state index is 9.95. The number of rotatable bonds is 4. The molecule has 2 atom stereocenters. The molecule has 0 fully saturated rings. The first-order valence-corrected chi connectivity index (χ1v) is 5.42. The lowest BCUT2D eigenvalue weighted by Gasteiger charge is -2.17. The van der Waals surface area contributed by atoms with Gasteiger partial charge in [-0.15, -0.1) is 0 Å². The summed E-state index contributed by atoms with van der Waals surface area (Å²) in [5, 5.41) is 19.0. The number of ether oxygens (including phenoxy) is 2. The molecule has 0 aliphatic rings. The second kappa shape index (κ2) is 5.76. The summed E-state index contributed by atoms with van der Waals surface area (Å²) in [6.07, 6.45) is -0.952. The number of aliphatic hydroxyl groups excluding tert-OH is 1. The van der Waals surface area contributed by atoms with Crippen LogP contribution in [0.5, 0.6) is 11.5 Å². The minimum Gasteiger partial charge on any atom is -0.493 e. The summed E-state index contributed by atoms with van der Waals surface area (Å²) in [5.41, 5.74) is 0.457. The molecule has 0 bridgehead atoms. The molecule has 0 saturated heterocycles. The van der Waals surface area contributed by atoms with Crippen LogP contribution in [0.25, 0.3) is 0 Å². The van der Waals surface area contributed by atoms with Crippen LogP contribution in [0, 0.1) is 17.2 Å². The Hall–Kier alpha value is -1.44. The monoisotopic (exact) mass is 255 g/mol. The summed E-state index contributed by atoms with van der Waals surface area (Å²) in [6.45, 7) is 1.62. The van der Waals surface area contributed by atoms with Gasteiger partial charge >= 0.3 is 0 Å². The van der Waals surface area contributed by atoms with Crippen molar-refractivity contribution in [3.8, 4) is 17.6 Å². The Morgan fingerprint density at radius 3 is 2.47 bits per heavy atom. The zero-order chi connectivity index (χ0) is 13.0. The molecule has 1 N–H and O–H groups in total. The van der Waals surface area contributed by atoms with E-state index in [-0.39, 0.29) is 5.02 Å². The fourth-order valence-corrected chi connectivity index (χ4v) is 1.82. The first kappa shape index (κ1) is 13.6. The summed E-state index contributed by atoms with van der Waals surface area (Å²) in [6, 6.07) is 5.25. The minimum absolute atomic E-state index is 0.265. The Balaban J connectivity index is 3.24. The molecule has 0 amide bonds. The van der Waals surface area contributed by atoms with E-state index in [0.717, 1.165) is 0 Å². The quantitative estimate of drug-likeness (QED) is 0.898. The smallest absolute Gasteiger partial charge is 0.179 e. The third-order valence-electron chi connectivity index (χ3n) is 2.51. The molecule has 4 nitrogen and oxygen atoms in total. The number of nitriles is 1. The molecule has 2 unspecified atom stereocenters. The fourth-order valence-electron chi connectivity index (χ4n) is 1.47. The first-order chi connectivity index (χ1) is 8.06. The van der Waals surface area contributed by atoms with E-state index in [4.69, 9.17) is 26.3 Å². The SMILES string of the molecule is COc1ccc(C(O)C(C)C#N)c(Cl)c1OC.